The predicted octanol–water partition coefficient (Wildman–Crippen LogP) is 2.32. The Morgan fingerprint density at radius 2 is 1.33 bits per heavy atom. The molecule has 0 spiro atoms. The van der Waals surface area contributed by atoms with Gasteiger partial charge in [-0.15, -0.1) is 6.58 Å². The molecule has 0 aromatic heterocycles. The summed E-state index contributed by atoms with van der Waals surface area (Å²) in [6, 6.07) is 2.94. The van der Waals surface area contributed by atoms with Crippen LogP contribution >= 0.6 is 11.8 Å². The number of amides is 3. The largest absolute Gasteiger partial charge is 0.463 e. The highest BCUT2D eigenvalue weighted by atomic mass is 32.2. The lowest BCUT2D eigenvalue weighted by Crippen LogP contribution is -2.61. The molecule has 0 unspecified atom stereocenters. The highest BCUT2D eigenvalue weighted by Crippen LogP contribution is 2.44. The summed E-state index contributed by atoms with van der Waals surface area (Å²) < 4.78 is 27.8. The zero-order chi connectivity index (χ0) is 34.0. The van der Waals surface area contributed by atoms with E-state index in [9.17, 15) is 33.6 Å². The molecular formula is C29H37N3O12S. The maximum atomic E-state index is 12.6. The van der Waals surface area contributed by atoms with Crippen molar-refractivity contribution in [3.8, 4) is 0 Å². The van der Waals surface area contributed by atoms with Gasteiger partial charge in [0.2, 0.25) is 17.7 Å². The van der Waals surface area contributed by atoms with Crippen molar-refractivity contribution in [2.75, 3.05) is 28.7 Å². The Hall–Kier alpha value is -4.44. The summed E-state index contributed by atoms with van der Waals surface area (Å²) in [5, 5.41) is 5.32. The predicted molar refractivity (Wildman–Crippen MR) is 161 cm³/mol. The molecule has 1 aliphatic heterocycles. The quantitative estimate of drug-likeness (QED) is 0.190. The minimum atomic E-state index is -1.42. The third-order valence-electron chi connectivity index (χ3n) is 5.89. The van der Waals surface area contributed by atoms with Gasteiger partial charge in [0.15, 0.2) is 18.3 Å². The van der Waals surface area contributed by atoms with E-state index in [0.717, 1.165) is 39.5 Å². The van der Waals surface area contributed by atoms with Gasteiger partial charge in [-0.25, -0.2) is 0 Å². The molecule has 16 heteroatoms. The maximum absolute atomic E-state index is 12.6. The van der Waals surface area contributed by atoms with Gasteiger partial charge in [0.1, 0.15) is 18.1 Å². The summed E-state index contributed by atoms with van der Waals surface area (Å²) in [6.07, 6.45) is -3.90. The van der Waals surface area contributed by atoms with Crippen molar-refractivity contribution in [2.24, 2.45) is 0 Å². The molecule has 3 amide bonds. The van der Waals surface area contributed by atoms with Crippen LogP contribution in [0.5, 0.6) is 0 Å². The SMILES string of the molecule is C=CCN(C(C)=O)c1cc(S[C@@H]2O[C@H](COC(C)=O)[C@H](OC(C)=O)[C@H](OC(C)=O)[C@H]2OC(C)=O)c(NC(C)=O)cc1NC(C)=O. The first-order chi connectivity index (χ1) is 21.0. The molecule has 1 saturated heterocycles. The number of thioether (sulfide) groups is 1. The summed E-state index contributed by atoms with van der Waals surface area (Å²) >= 11 is 0.899. The van der Waals surface area contributed by atoms with Crippen LogP contribution in [0.2, 0.25) is 0 Å². The van der Waals surface area contributed by atoms with Gasteiger partial charge in [-0.2, -0.15) is 0 Å². The fraction of sp³-hybridized carbons (Fsp3) is 0.483. The third kappa shape index (κ3) is 10.9. The van der Waals surface area contributed by atoms with Gasteiger partial charge in [0, 0.05) is 59.9 Å². The first kappa shape index (κ1) is 36.8. The Labute approximate surface area is 264 Å². The number of rotatable bonds is 12. The molecule has 1 aliphatic rings. The lowest BCUT2D eigenvalue weighted by atomic mass is 9.99. The van der Waals surface area contributed by atoms with E-state index in [1.165, 1.54) is 43.9 Å². The molecule has 2 N–H and O–H groups in total. The number of anilines is 3. The summed E-state index contributed by atoms with van der Waals surface area (Å²) in [6.45, 7) is 11.6. The van der Waals surface area contributed by atoms with E-state index in [4.69, 9.17) is 23.7 Å². The fourth-order valence-corrected chi connectivity index (χ4v) is 5.61. The van der Waals surface area contributed by atoms with Crippen LogP contribution in [-0.4, -0.2) is 84.6 Å². The average Bonchev–Trinajstić information content (AvgIpc) is 2.89. The summed E-state index contributed by atoms with van der Waals surface area (Å²) in [5.74, 6) is -4.36. The molecule has 0 radical (unpaired) electrons. The van der Waals surface area contributed by atoms with Crippen LogP contribution in [0.1, 0.15) is 48.5 Å². The van der Waals surface area contributed by atoms with Crippen molar-refractivity contribution in [3.05, 3.63) is 24.8 Å². The normalized spacial score (nSPS) is 20.6. The van der Waals surface area contributed by atoms with Crippen molar-refractivity contribution in [1.29, 1.82) is 0 Å². The molecule has 1 aromatic carbocycles. The molecule has 5 atom stereocenters. The van der Waals surface area contributed by atoms with Crippen LogP contribution in [0.3, 0.4) is 0 Å². The second-order valence-electron chi connectivity index (χ2n) is 9.83. The van der Waals surface area contributed by atoms with Gasteiger partial charge >= 0.3 is 23.9 Å². The van der Waals surface area contributed by atoms with E-state index >= 15 is 0 Å². The summed E-state index contributed by atoms with van der Waals surface area (Å²) in [7, 11) is 0. The lowest BCUT2D eigenvalue weighted by molar-refractivity contribution is -0.237. The van der Waals surface area contributed by atoms with E-state index in [2.05, 4.69) is 17.2 Å². The van der Waals surface area contributed by atoms with Crippen LogP contribution in [0.4, 0.5) is 17.1 Å². The molecule has 0 aliphatic carbocycles. The number of nitrogens with zero attached hydrogens (tertiary/aromatic N) is 1. The van der Waals surface area contributed by atoms with Gasteiger partial charge in [0.05, 0.1) is 17.1 Å². The summed E-state index contributed by atoms with van der Waals surface area (Å²) in [4.78, 5) is 86.7. The number of ether oxygens (including phenoxy) is 5. The number of carbonyl (C=O) groups excluding carboxylic acids is 7. The standard InChI is InChI=1S/C29H37N3O12S/c1-9-10-32(16(4)35)23-12-25(22(31-15(3)34)11-21(23)30-14(2)33)45-29-28(43-20(8)39)27(42-19(7)38)26(41-18(6)37)24(44-29)13-40-17(5)36/h9,11-12,24,26-29H,1,10,13H2,2-8H3,(H,30,33)(H,31,34)/t24-,26+,27+,28-,29+/m1/s1. The van der Waals surface area contributed by atoms with Crippen molar-refractivity contribution in [1.82, 2.24) is 0 Å². The molecular weight excluding hydrogens is 614 g/mol. The molecule has 15 nitrogen and oxygen atoms in total. The Kier molecular flexibility index (Phi) is 13.5. The van der Waals surface area contributed by atoms with Gasteiger partial charge in [-0.3, -0.25) is 33.6 Å². The van der Waals surface area contributed by atoms with Gasteiger partial charge < -0.3 is 39.2 Å². The highest BCUT2D eigenvalue weighted by molar-refractivity contribution is 8.00. The fourth-order valence-electron chi connectivity index (χ4n) is 4.40. The van der Waals surface area contributed by atoms with Gasteiger partial charge in [-0.05, 0) is 12.1 Å². The van der Waals surface area contributed by atoms with Crippen molar-refractivity contribution in [3.63, 3.8) is 0 Å². The first-order valence-electron chi connectivity index (χ1n) is 13.6. The molecule has 1 fully saturated rings. The van der Waals surface area contributed by atoms with E-state index in [1.54, 1.807) is 0 Å². The second kappa shape index (κ2) is 16.6. The molecule has 2 rings (SSSR count). The number of hydrogen-bond acceptors (Lipinski definition) is 13. The van der Waals surface area contributed by atoms with E-state index < -0.39 is 78.1 Å². The number of carbonyl (C=O) groups is 7. The van der Waals surface area contributed by atoms with Crippen LogP contribution in [-0.2, 0) is 57.2 Å². The molecule has 0 saturated carbocycles. The maximum Gasteiger partial charge on any atom is 0.303 e. The third-order valence-corrected chi connectivity index (χ3v) is 7.10. The molecule has 1 heterocycles. The van der Waals surface area contributed by atoms with Crippen LogP contribution < -0.4 is 15.5 Å². The number of nitrogens with one attached hydrogen (secondary N) is 2. The lowest BCUT2D eigenvalue weighted by Gasteiger charge is -2.44. The number of hydrogen-bond donors (Lipinski definition) is 2. The number of benzene rings is 1. The average molecular weight is 652 g/mol. The Morgan fingerprint density at radius 1 is 0.800 bits per heavy atom. The monoisotopic (exact) mass is 651 g/mol. The Bertz CT molecular complexity index is 1350. The van der Waals surface area contributed by atoms with Crippen LogP contribution in [0.15, 0.2) is 29.7 Å². The second-order valence-corrected chi connectivity index (χ2v) is 11.0. The summed E-state index contributed by atoms with van der Waals surface area (Å²) in [5.41, 5.74) is -0.633. The zero-order valence-corrected chi connectivity index (χ0v) is 26.8. The topological polar surface area (TPSA) is 193 Å². The molecule has 1 aromatic rings. The van der Waals surface area contributed by atoms with E-state index in [1.807, 2.05) is 0 Å². The van der Waals surface area contributed by atoms with E-state index in [0.29, 0.717) is 0 Å². The van der Waals surface area contributed by atoms with Crippen LogP contribution in [0, 0.1) is 0 Å². The van der Waals surface area contributed by atoms with Gasteiger partial charge in [-0.1, -0.05) is 17.8 Å². The zero-order valence-electron chi connectivity index (χ0n) is 26.0. The highest BCUT2D eigenvalue weighted by Gasteiger charge is 2.52. The first-order valence-corrected chi connectivity index (χ1v) is 14.5. The van der Waals surface area contributed by atoms with Crippen molar-refractivity contribution in [2.45, 2.75) is 83.2 Å². The van der Waals surface area contributed by atoms with Crippen molar-refractivity contribution < 1.29 is 57.2 Å². The Balaban J connectivity index is 2.81. The minimum absolute atomic E-state index is 0.0601. The van der Waals surface area contributed by atoms with E-state index in [-0.39, 0.29) is 28.5 Å². The van der Waals surface area contributed by atoms with Gasteiger partial charge in [0.25, 0.3) is 0 Å². The Morgan fingerprint density at radius 3 is 1.82 bits per heavy atom. The van der Waals surface area contributed by atoms with Crippen LogP contribution in [0.25, 0.3) is 0 Å². The van der Waals surface area contributed by atoms with Crippen molar-refractivity contribution >= 4 is 70.4 Å². The smallest absolute Gasteiger partial charge is 0.303 e. The number of esters is 4. The molecule has 0 bridgehead atoms. The molecule has 45 heavy (non-hydrogen) atoms. The molecule has 246 valence electrons. The minimum Gasteiger partial charge on any atom is -0.463 e.